The van der Waals surface area contributed by atoms with E-state index in [2.05, 4.69) is 6.07 Å². The SMILES string of the molecule is O=S(=O)(O)c1[c-]c2cc(S(=O)(=O)O)ccc2c(O)c1.[Na+]. The van der Waals surface area contributed by atoms with Crippen LogP contribution in [0.25, 0.3) is 10.8 Å². The van der Waals surface area contributed by atoms with E-state index in [1.165, 1.54) is 6.07 Å². The van der Waals surface area contributed by atoms with Gasteiger partial charge in [-0.15, -0.1) is 17.5 Å². The average molecular weight is 326 g/mol. The molecule has 20 heavy (non-hydrogen) atoms. The fourth-order valence-corrected chi connectivity index (χ4v) is 2.53. The van der Waals surface area contributed by atoms with Gasteiger partial charge in [-0.25, -0.2) is 0 Å². The predicted octanol–water partition coefficient (Wildman–Crippen LogP) is -2.16. The second-order valence-corrected chi connectivity index (χ2v) is 6.49. The summed E-state index contributed by atoms with van der Waals surface area (Å²) >= 11 is 0. The fraction of sp³-hybridized carbons (Fsp3) is 0. The van der Waals surface area contributed by atoms with Gasteiger partial charge in [-0.1, -0.05) is 23.6 Å². The van der Waals surface area contributed by atoms with Gasteiger partial charge in [0.2, 0.25) is 0 Å². The molecule has 2 rings (SSSR count). The molecule has 2 aromatic rings. The molecule has 0 amide bonds. The van der Waals surface area contributed by atoms with Gasteiger partial charge in [0, 0.05) is 10.6 Å². The third-order valence-electron chi connectivity index (χ3n) is 2.37. The largest absolute Gasteiger partial charge is 1.00 e. The Kier molecular flexibility index (Phi) is 4.87. The van der Waals surface area contributed by atoms with Crippen LogP contribution >= 0.6 is 0 Å². The van der Waals surface area contributed by atoms with Crippen molar-refractivity contribution in [2.24, 2.45) is 0 Å². The Hall–Kier alpha value is -0.680. The molecule has 2 aromatic carbocycles. The minimum absolute atomic E-state index is 0. The second-order valence-electron chi connectivity index (χ2n) is 3.68. The van der Waals surface area contributed by atoms with Crippen LogP contribution < -0.4 is 29.6 Å². The Bertz CT molecular complexity index is 867. The standard InChI is InChI=1S/C10H7O7S2.Na/c11-10-5-8(19(15,16)17)4-6-3-7(18(12,13)14)1-2-9(6)10;/h1-3,5,11H,(H,12,13,14)(H,15,16,17);/q-1;+1. The smallest absolute Gasteiger partial charge is 0.527 e. The van der Waals surface area contributed by atoms with Crippen molar-refractivity contribution in [3.05, 3.63) is 30.3 Å². The molecule has 0 saturated carbocycles. The van der Waals surface area contributed by atoms with Crippen molar-refractivity contribution in [2.75, 3.05) is 0 Å². The van der Waals surface area contributed by atoms with Gasteiger partial charge in [-0.2, -0.15) is 16.8 Å². The fourth-order valence-electron chi connectivity index (χ4n) is 1.52. The first-order chi connectivity index (χ1) is 8.59. The van der Waals surface area contributed by atoms with Crippen LogP contribution in [-0.2, 0) is 20.2 Å². The van der Waals surface area contributed by atoms with E-state index >= 15 is 0 Å². The molecule has 102 valence electrons. The monoisotopic (exact) mass is 326 g/mol. The summed E-state index contributed by atoms with van der Waals surface area (Å²) in [5.74, 6) is -0.469. The molecular formula is C10H7NaO7S2. The van der Waals surface area contributed by atoms with E-state index in [9.17, 15) is 21.9 Å². The van der Waals surface area contributed by atoms with Crippen molar-refractivity contribution in [2.45, 2.75) is 9.79 Å². The summed E-state index contributed by atoms with van der Waals surface area (Å²) in [6.07, 6.45) is 0. The molecule has 0 unspecified atom stereocenters. The van der Waals surface area contributed by atoms with Crippen LogP contribution in [0.15, 0.2) is 34.1 Å². The summed E-state index contributed by atoms with van der Waals surface area (Å²) in [5.41, 5.74) is 0. The molecular weight excluding hydrogens is 319 g/mol. The van der Waals surface area contributed by atoms with Gasteiger partial charge < -0.3 is 5.11 Å². The van der Waals surface area contributed by atoms with E-state index in [1.54, 1.807) is 0 Å². The molecule has 0 aliphatic carbocycles. The molecule has 7 nitrogen and oxygen atoms in total. The predicted molar refractivity (Wildman–Crippen MR) is 64.1 cm³/mol. The van der Waals surface area contributed by atoms with E-state index in [1.807, 2.05) is 0 Å². The molecule has 0 bridgehead atoms. The van der Waals surface area contributed by atoms with Crippen LogP contribution in [0, 0.1) is 6.07 Å². The zero-order valence-electron chi connectivity index (χ0n) is 10.1. The van der Waals surface area contributed by atoms with Crippen LogP contribution in [0.2, 0.25) is 0 Å². The van der Waals surface area contributed by atoms with Crippen LogP contribution in [-0.4, -0.2) is 31.0 Å². The number of aromatic hydroxyl groups is 1. The maximum absolute atomic E-state index is 11.0. The molecule has 10 heteroatoms. The first-order valence-electron chi connectivity index (χ1n) is 4.73. The average Bonchev–Trinajstić information content (AvgIpc) is 2.25. The number of fused-ring (bicyclic) bond motifs is 1. The van der Waals surface area contributed by atoms with Gasteiger partial charge in [-0.3, -0.25) is 9.11 Å². The number of hydrogen-bond donors (Lipinski definition) is 3. The number of hydrogen-bond acceptors (Lipinski definition) is 5. The summed E-state index contributed by atoms with van der Waals surface area (Å²) < 4.78 is 61.6. The van der Waals surface area contributed by atoms with Crippen molar-refractivity contribution in [1.29, 1.82) is 0 Å². The Morgan fingerprint density at radius 3 is 2.05 bits per heavy atom. The topological polar surface area (TPSA) is 129 Å². The van der Waals surface area contributed by atoms with Crippen molar-refractivity contribution in [3.8, 4) is 5.75 Å². The van der Waals surface area contributed by atoms with Gasteiger partial charge in [0.25, 0.3) is 20.2 Å². The molecule has 0 aliphatic heterocycles. The number of benzene rings is 2. The third-order valence-corrected chi connectivity index (χ3v) is 3.99. The van der Waals surface area contributed by atoms with E-state index < -0.39 is 35.8 Å². The van der Waals surface area contributed by atoms with Crippen molar-refractivity contribution in [3.63, 3.8) is 0 Å². The summed E-state index contributed by atoms with van der Waals surface area (Å²) in [6.45, 7) is 0. The normalized spacial score (nSPS) is 12.1. The second kappa shape index (κ2) is 5.60. The van der Waals surface area contributed by atoms with Crippen LogP contribution in [0.5, 0.6) is 5.75 Å². The Morgan fingerprint density at radius 2 is 1.55 bits per heavy atom. The Morgan fingerprint density at radius 1 is 0.950 bits per heavy atom. The molecule has 0 atom stereocenters. The molecule has 0 spiro atoms. The summed E-state index contributed by atoms with van der Waals surface area (Å²) in [4.78, 5) is -1.19. The summed E-state index contributed by atoms with van der Waals surface area (Å²) in [6, 6.07) is 6.18. The van der Waals surface area contributed by atoms with E-state index in [0.717, 1.165) is 18.2 Å². The zero-order chi connectivity index (χ0) is 14.4. The van der Waals surface area contributed by atoms with Crippen molar-refractivity contribution >= 4 is 31.0 Å². The molecule has 0 aromatic heterocycles. The molecule has 0 heterocycles. The molecule has 0 aliphatic rings. The van der Waals surface area contributed by atoms with Crippen LogP contribution in [0.3, 0.4) is 0 Å². The summed E-state index contributed by atoms with van der Waals surface area (Å²) in [5, 5.41) is 9.65. The van der Waals surface area contributed by atoms with Gasteiger partial charge in [0.1, 0.15) is 0 Å². The van der Waals surface area contributed by atoms with E-state index in [4.69, 9.17) is 9.11 Å². The Balaban J connectivity index is 0.00000200. The van der Waals surface area contributed by atoms with Gasteiger partial charge in [0.05, 0.1) is 4.90 Å². The first-order valence-corrected chi connectivity index (χ1v) is 7.61. The Labute approximate surface area is 137 Å². The van der Waals surface area contributed by atoms with Crippen molar-refractivity contribution < 1.29 is 60.6 Å². The quantitative estimate of drug-likeness (QED) is 0.326. The molecule has 3 N–H and O–H groups in total. The van der Waals surface area contributed by atoms with Crippen molar-refractivity contribution in [1.82, 2.24) is 0 Å². The minimum atomic E-state index is -4.59. The number of phenolic OH excluding ortho intramolecular Hbond substituents is 1. The van der Waals surface area contributed by atoms with E-state index in [-0.39, 0.29) is 40.3 Å². The molecule has 0 fully saturated rings. The van der Waals surface area contributed by atoms with Gasteiger partial charge >= 0.3 is 29.6 Å². The first kappa shape index (κ1) is 17.4. The maximum atomic E-state index is 11.0. The number of rotatable bonds is 2. The van der Waals surface area contributed by atoms with Gasteiger partial charge in [0.15, 0.2) is 0 Å². The van der Waals surface area contributed by atoms with Gasteiger partial charge in [-0.05, 0) is 0 Å². The minimum Gasteiger partial charge on any atom is -0.527 e. The summed E-state index contributed by atoms with van der Waals surface area (Å²) in [7, 11) is -9.06. The number of phenols is 1. The molecule has 0 saturated heterocycles. The van der Waals surface area contributed by atoms with Crippen LogP contribution in [0.1, 0.15) is 0 Å². The van der Waals surface area contributed by atoms with Crippen LogP contribution in [0.4, 0.5) is 0 Å². The molecule has 0 radical (unpaired) electrons. The third kappa shape index (κ3) is 3.50. The maximum Gasteiger partial charge on any atom is 1.00 e. The van der Waals surface area contributed by atoms with E-state index in [0.29, 0.717) is 0 Å². The zero-order valence-corrected chi connectivity index (χ0v) is 13.7.